The second-order valence-electron chi connectivity index (χ2n) is 7.47. The minimum atomic E-state index is 0.0236. The van der Waals surface area contributed by atoms with Crippen molar-refractivity contribution in [3.63, 3.8) is 0 Å². The molecular weight excluding hydrogens is 332 g/mol. The topological polar surface area (TPSA) is 37.3 Å². The number of carbonyl (C=O) groups excluding carboxylic acids is 1. The minimum absolute atomic E-state index is 0.0236. The molecule has 2 heteroatoms. The van der Waals surface area contributed by atoms with Crippen LogP contribution in [0, 0.1) is 5.92 Å². The fraction of sp³-hybridized carbons (Fsp3) is 0.320. The molecular formula is C25H28O2. The first-order valence-electron chi connectivity index (χ1n) is 9.73. The van der Waals surface area contributed by atoms with Crippen molar-refractivity contribution in [3.05, 3.63) is 84.0 Å². The fourth-order valence-corrected chi connectivity index (χ4v) is 4.92. The molecule has 0 amide bonds. The van der Waals surface area contributed by atoms with Crippen LogP contribution < -0.4 is 0 Å². The van der Waals surface area contributed by atoms with E-state index in [1.54, 1.807) is 6.07 Å². The van der Waals surface area contributed by atoms with E-state index in [-0.39, 0.29) is 5.41 Å². The molecule has 2 nitrogen and oxygen atoms in total. The molecule has 2 aromatic carbocycles. The molecule has 1 fully saturated rings. The average molecular weight is 360 g/mol. The summed E-state index contributed by atoms with van der Waals surface area (Å²) in [4.78, 5) is 12.8. The number of aromatic hydroxyl groups is 1. The van der Waals surface area contributed by atoms with Gasteiger partial charge in [0, 0.05) is 11.8 Å². The monoisotopic (exact) mass is 360 g/mol. The van der Waals surface area contributed by atoms with Crippen molar-refractivity contribution in [2.45, 2.75) is 44.4 Å². The van der Waals surface area contributed by atoms with Gasteiger partial charge >= 0.3 is 0 Å². The van der Waals surface area contributed by atoms with Crippen molar-refractivity contribution in [2.24, 2.45) is 5.92 Å². The number of Topliss-reactive ketones (excluding diaryl/α,β-unsaturated/α-hetero) is 1. The highest BCUT2D eigenvalue weighted by Crippen LogP contribution is 2.53. The van der Waals surface area contributed by atoms with E-state index in [1.165, 1.54) is 11.1 Å². The maximum atomic E-state index is 12.8. The summed E-state index contributed by atoms with van der Waals surface area (Å²) in [6.45, 7) is 8.24. The number of hydrogen-bond acceptors (Lipinski definition) is 2. The summed E-state index contributed by atoms with van der Waals surface area (Å²) in [6.07, 6.45) is 6.54. The highest BCUT2D eigenvalue weighted by atomic mass is 16.3. The number of benzene rings is 2. The Kier molecular flexibility index (Phi) is 5.65. The molecule has 1 N–H and O–H groups in total. The smallest absolute Gasteiger partial charge is 0.159 e. The Morgan fingerprint density at radius 3 is 2.63 bits per heavy atom. The molecule has 140 valence electrons. The molecule has 0 bridgehead atoms. The third-order valence-electron chi connectivity index (χ3n) is 6.24. The summed E-state index contributed by atoms with van der Waals surface area (Å²) in [5.74, 6) is 1.06. The maximum Gasteiger partial charge on any atom is 0.159 e. The van der Waals surface area contributed by atoms with Gasteiger partial charge in [-0.15, -0.1) is 13.2 Å². The average Bonchev–Trinajstić information content (AvgIpc) is 2.70. The molecule has 0 aliphatic heterocycles. The Morgan fingerprint density at radius 2 is 1.93 bits per heavy atom. The lowest BCUT2D eigenvalue weighted by molar-refractivity contribution is -0.119. The summed E-state index contributed by atoms with van der Waals surface area (Å²) < 4.78 is 0. The number of allylic oxidation sites excluding steroid dienone is 1. The molecule has 27 heavy (non-hydrogen) atoms. The third kappa shape index (κ3) is 3.49. The first-order valence-corrected chi connectivity index (χ1v) is 9.73. The van der Waals surface area contributed by atoms with Gasteiger partial charge in [0.25, 0.3) is 0 Å². The Balaban J connectivity index is 0.00000102. The number of phenols is 1. The van der Waals surface area contributed by atoms with Crippen molar-refractivity contribution < 1.29 is 9.90 Å². The quantitative estimate of drug-likeness (QED) is 0.539. The Hall–Kier alpha value is -2.61. The van der Waals surface area contributed by atoms with Gasteiger partial charge in [-0.3, -0.25) is 4.79 Å². The van der Waals surface area contributed by atoms with E-state index in [2.05, 4.69) is 44.4 Å². The number of carbonyl (C=O) groups is 1. The third-order valence-corrected chi connectivity index (χ3v) is 6.24. The lowest BCUT2D eigenvalue weighted by Gasteiger charge is -2.48. The van der Waals surface area contributed by atoms with Gasteiger partial charge in [0.15, 0.2) is 5.78 Å². The second kappa shape index (κ2) is 7.96. The first-order chi connectivity index (χ1) is 13.1. The van der Waals surface area contributed by atoms with Crippen molar-refractivity contribution in [3.8, 4) is 5.75 Å². The number of hydrogen-bond donors (Lipinski definition) is 1. The first kappa shape index (κ1) is 19.2. The lowest BCUT2D eigenvalue weighted by Crippen LogP contribution is -2.44. The van der Waals surface area contributed by atoms with E-state index in [4.69, 9.17) is 0 Å². The summed E-state index contributed by atoms with van der Waals surface area (Å²) in [5, 5.41) is 9.86. The zero-order chi connectivity index (χ0) is 19.4. The highest BCUT2D eigenvalue weighted by Gasteiger charge is 2.47. The number of rotatable bonds is 2. The number of aryl methyl sites for hydroxylation is 1. The van der Waals surface area contributed by atoms with Crippen LogP contribution in [-0.4, -0.2) is 10.9 Å². The van der Waals surface area contributed by atoms with Gasteiger partial charge in [-0.2, -0.15) is 0 Å². The zero-order valence-electron chi connectivity index (χ0n) is 16.1. The Bertz CT molecular complexity index is 850. The summed E-state index contributed by atoms with van der Waals surface area (Å²) in [6, 6.07) is 15.9. The van der Waals surface area contributed by atoms with Crippen molar-refractivity contribution in [1.82, 2.24) is 0 Å². The van der Waals surface area contributed by atoms with Gasteiger partial charge in [0.2, 0.25) is 0 Å². The van der Waals surface area contributed by atoms with Gasteiger partial charge < -0.3 is 5.11 Å². The minimum Gasteiger partial charge on any atom is -0.508 e. The Labute approximate surface area is 162 Å². The lowest BCUT2D eigenvalue weighted by atomic mass is 9.55. The van der Waals surface area contributed by atoms with Gasteiger partial charge in [-0.1, -0.05) is 43.3 Å². The number of fused-ring (bicyclic) bond motifs is 3. The van der Waals surface area contributed by atoms with Crippen LogP contribution in [0.4, 0.5) is 0 Å². The summed E-state index contributed by atoms with van der Waals surface area (Å²) >= 11 is 0. The van der Waals surface area contributed by atoms with Crippen LogP contribution in [-0.2, 0) is 16.6 Å². The van der Waals surface area contributed by atoms with Crippen LogP contribution in [0.3, 0.4) is 0 Å². The molecule has 1 saturated carbocycles. The van der Waals surface area contributed by atoms with Gasteiger partial charge in [-0.25, -0.2) is 0 Å². The van der Waals surface area contributed by atoms with E-state index in [9.17, 15) is 9.90 Å². The van der Waals surface area contributed by atoms with Gasteiger partial charge in [0.05, 0.1) is 0 Å². The summed E-state index contributed by atoms with van der Waals surface area (Å²) in [7, 11) is 0. The van der Waals surface area contributed by atoms with E-state index in [0.717, 1.165) is 36.8 Å². The molecule has 0 radical (unpaired) electrons. The molecule has 0 saturated heterocycles. The highest BCUT2D eigenvalue weighted by molar-refractivity contribution is 6.01. The summed E-state index contributed by atoms with van der Waals surface area (Å²) in [5.41, 5.74) is 4.67. The maximum absolute atomic E-state index is 12.8. The molecule has 4 rings (SSSR count). The van der Waals surface area contributed by atoms with Crippen LogP contribution in [0.15, 0.2) is 67.3 Å². The molecule has 2 aliphatic carbocycles. The number of phenolic OH excluding ortho intramolecular Hbond substituents is 1. The largest absolute Gasteiger partial charge is 0.508 e. The van der Waals surface area contributed by atoms with Gasteiger partial charge in [-0.05, 0) is 72.1 Å². The van der Waals surface area contributed by atoms with Crippen LogP contribution >= 0.6 is 0 Å². The normalized spacial score (nSPS) is 25.1. The van der Waals surface area contributed by atoms with Crippen molar-refractivity contribution in [2.75, 3.05) is 0 Å². The Morgan fingerprint density at radius 1 is 1.19 bits per heavy atom. The molecule has 0 spiro atoms. The van der Waals surface area contributed by atoms with Crippen LogP contribution in [0.25, 0.3) is 6.08 Å². The van der Waals surface area contributed by atoms with Crippen LogP contribution in [0.1, 0.15) is 49.3 Å². The SMILES string of the molecule is C=C.CC[C@@]12CC(=Cc3ccccc3)C(=O)C[C@H]1CCc1cc(O)ccc12. The predicted molar refractivity (Wildman–Crippen MR) is 112 cm³/mol. The van der Waals surface area contributed by atoms with Crippen molar-refractivity contribution in [1.29, 1.82) is 0 Å². The zero-order valence-corrected chi connectivity index (χ0v) is 16.1. The van der Waals surface area contributed by atoms with Gasteiger partial charge in [0.1, 0.15) is 5.75 Å². The standard InChI is InChI=1S/C23H24O2.C2H4/c1-2-23-15-18(12-16-6-4-3-5-7-16)22(25)14-19(23)9-8-17-13-20(24)10-11-21(17)23;1-2/h3-7,10-13,19,24H,2,8-9,14-15H2,1H3;1-2H2/t19-,23-;/m1./s1. The van der Waals surface area contributed by atoms with Crippen molar-refractivity contribution >= 4 is 11.9 Å². The molecule has 0 heterocycles. The van der Waals surface area contributed by atoms with Crippen LogP contribution in [0.5, 0.6) is 5.75 Å². The van der Waals surface area contributed by atoms with E-state index in [0.29, 0.717) is 23.9 Å². The van der Waals surface area contributed by atoms with E-state index < -0.39 is 0 Å². The second-order valence-corrected chi connectivity index (χ2v) is 7.47. The van der Waals surface area contributed by atoms with E-state index in [1.807, 2.05) is 24.3 Å². The van der Waals surface area contributed by atoms with E-state index >= 15 is 0 Å². The molecule has 2 aromatic rings. The molecule has 0 unspecified atom stereocenters. The molecule has 2 atom stereocenters. The molecule has 2 aliphatic rings. The van der Waals surface area contributed by atoms with Crippen LogP contribution in [0.2, 0.25) is 0 Å². The fourth-order valence-electron chi connectivity index (χ4n) is 4.92. The number of ketones is 1. The molecule has 0 aromatic heterocycles. The predicted octanol–water partition coefficient (Wildman–Crippen LogP) is 5.85.